The molecule has 0 rings (SSSR count). The minimum absolute atomic E-state index is 0. The molecule has 0 aromatic carbocycles. The molecule has 6 heavy (non-hydrogen) atoms. The summed E-state index contributed by atoms with van der Waals surface area (Å²) in [4.78, 5) is 0. The highest BCUT2D eigenvalue weighted by Gasteiger charge is 2.20. The molecule has 0 unspecified atom stereocenters. The zero-order valence-electron chi connectivity index (χ0n) is 3.66. The van der Waals surface area contributed by atoms with Gasteiger partial charge in [-0.2, -0.15) is 0 Å². The maximum Gasteiger partial charge on any atom is 1.00 e. The summed E-state index contributed by atoms with van der Waals surface area (Å²) < 4.78 is 31.5. The molecule has 0 fully saturated rings. The van der Waals surface area contributed by atoms with Crippen LogP contribution >= 0.6 is 0 Å². The van der Waals surface area contributed by atoms with Crippen LogP contribution in [-0.2, 0) is 0 Å². The van der Waals surface area contributed by atoms with E-state index < -0.39 is 6.98 Å². The average molecular weight is 94.8 g/mol. The summed E-state index contributed by atoms with van der Waals surface area (Å²) in [6.07, 6.45) is 0. The minimum atomic E-state index is -5.18. The Morgan fingerprint density at radius 2 is 1.67 bits per heavy atom. The summed E-state index contributed by atoms with van der Waals surface area (Å²) >= 11 is 0. The van der Waals surface area contributed by atoms with Crippen molar-refractivity contribution in [3.63, 3.8) is 0 Å². The van der Waals surface area contributed by atoms with Gasteiger partial charge in [-0.05, 0) is 5.97 Å². The van der Waals surface area contributed by atoms with Crippen LogP contribution in [0.2, 0.25) is 0 Å². The summed E-state index contributed by atoms with van der Waals surface area (Å²) in [5, 5.41) is 7.06. The van der Waals surface area contributed by atoms with Gasteiger partial charge in [-0.15, -0.1) is 0 Å². The van der Waals surface area contributed by atoms with Gasteiger partial charge < -0.3 is 12.9 Å². The second-order valence-electron chi connectivity index (χ2n) is 0.704. The van der Waals surface area contributed by atoms with E-state index in [-0.39, 0.29) is 7.40 Å². The molecule has 0 aromatic rings. The fourth-order valence-corrected chi connectivity index (χ4v) is 0. The number of hydrogen-bond acceptors (Lipinski definition) is 1. The zero-order valence-corrected chi connectivity index (χ0v) is 2.66. The summed E-state index contributed by atoms with van der Waals surface area (Å²) in [5.74, 6) is 0.167. The smallest absolute Gasteiger partial charge is 0.436 e. The average Bonchev–Trinajstić information content (AvgIpc) is 1.35. The zero-order chi connectivity index (χ0) is 5.21. The molecule has 0 atom stereocenters. The minimum Gasteiger partial charge on any atom is -0.436 e. The van der Waals surface area contributed by atoms with Crippen molar-refractivity contribution in [1.82, 2.24) is 0 Å². The first-order valence-electron chi connectivity index (χ1n) is 1.17. The van der Waals surface area contributed by atoms with Crippen LogP contribution in [0, 0.1) is 11.2 Å². The van der Waals surface area contributed by atoms with Gasteiger partial charge >= 0.3 is 8.40 Å². The van der Waals surface area contributed by atoms with Gasteiger partial charge in [-0.25, -0.2) is 5.26 Å². The lowest BCUT2D eigenvalue weighted by molar-refractivity contribution is 0.502. The van der Waals surface area contributed by atoms with Gasteiger partial charge in [-0.1, -0.05) is 0 Å². The monoisotopic (exact) mass is 95.0 g/mol. The van der Waals surface area contributed by atoms with Gasteiger partial charge in [0.25, 0.3) is 0 Å². The van der Waals surface area contributed by atoms with E-state index in [1.807, 2.05) is 0 Å². The summed E-state index contributed by atoms with van der Waals surface area (Å²) in [6.45, 7) is -5.18. The van der Waals surface area contributed by atoms with E-state index in [0.717, 1.165) is 0 Å². The molecule has 0 aliphatic heterocycles. The fraction of sp³-hybridized carbons (Fsp3) is 0. The van der Waals surface area contributed by atoms with Crippen molar-refractivity contribution in [1.29, 1.82) is 5.26 Å². The highest BCUT2D eigenvalue weighted by Crippen LogP contribution is 2.03. The second kappa shape index (κ2) is 1.21. The first kappa shape index (κ1) is 5.34. The normalized spacial score (nSPS) is 10.3. The number of halogens is 3. The van der Waals surface area contributed by atoms with Gasteiger partial charge in [0, 0.05) is 0 Å². The van der Waals surface area contributed by atoms with Crippen molar-refractivity contribution in [3.05, 3.63) is 0 Å². The molecular weight excluding hydrogens is 93.8 g/mol. The Morgan fingerprint density at radius 3 is 1.67 bits per heavy atom. The van der Waals surface area contributed by atoms with Crippen LogP contribution in [0.3, 0.4) is 0 Å². The molecule has 0 aliphatic carbocycles. The Labute approximate surface area is 33.9 Å². The lowest BCUT2D eigenvalue weighted by Crippen LogP contribution is -2.09. The maximum atomic E-state index is 10.5. The van der Waals surface area contributed by atoms with Crippen LogP contribution in [-0.4, -0.2) is 6.98 Å². The summed E-state index contributed by atoms with van der Waals surface area (Å²) in [6, 6.07) is 0. The van der Waals surface area contributed by atoms with Crippen molar-refractivity contribution in [2.24, 2.45) is 0 Å². The Morgan fingerprint density at radius 1 is 1.50 bits per heavy atom. The quantitative estimate of drug-likeness (QED) is 0.411. The molecule has 0 aromatic heterocycles. The van der Waals surface area contributed by atoms with E-state index in [1.165, 1.54) is 0 Å². The van der Waals surface area contributed by atoms with Gasteiger partial charge in [-0.3, -0.25) is 0 Å². The molecule has 0 aliphatic rings. The van der Waals surface area contributed by atoms with Crippen molar-refractivity contribution >= 4 is 6.98 Å². The molecular formula is CHBF3N. The Hall–Kier alpha value is -0.655. The number of nitrogens with zero attached hydrogens (tertiary/aromatic N) is 1. The van der Waals surface area contributed by atoms with E-state index >= 15 is 0 Å². The third kappa shape index (κ3) is 3.34. The molecule has 5 heteroatoms. The first-order valence-corrected chi connectivity index (χ1v) is 1.17. The van der Waals surface area contributed by atoms with Crippen LogP contribution in [0.15, 0.2) is 0 Å². The molecule has 0 spiro atoms. The summed E-state index contributed by atoms with van der Waals surface area (Å²) in [7, 11) is 0. The van der Waals surface area contributed by atoms with Crippen LogP contribution in [0.4, 0.5) is 12.9 Å². The summed E-state index contributed by atoms with van der Waals surface area (Å²) in [5.41, 5.74) is 0. The van der Waals surface area contributed by atoms with Gasteiger partial charge in [0.15, 0.2) is 0 Å². The molecule has 34 valence electrons. The highest BCUT2D eigenvalue weighted by molar-refractivity contribution is 6.66. The molecule has 0 amide bonds. The van der Waals surface area contributed by atoms with Crippen molar-refractivity contribution in [2.45, 2.75) is 0 Å². The van der Waals surface area contributed by atoms with Gasteiger partial charge in [0.05, 0.1) is 0 Å². The Bertz CT molecular complexity index is 81.9. The lowest BCUT2D eigenvalue weighted by Gasteiger charge is -1.96. The van der Waals surface area contributed by atoms with Crippen LogP contribution in [0.5, 0.6) is 0 Å². The van der Waals surface area contributed by atoms with Gasteiger partial charge in [0.2, 0.25) is 0 Å². The van der Waals surface area contributed by atoms with Crippen LogP contribution in [0.25, 0.3) is 0 Å². The molecule has 0 saturated heterocycles. The van der Waals surface area contributed by atoms with E-state index in [4.69, 9.17) is 5.26 Å². The number of nitriles is 1. The second-order valence-corrected chi connectivity index (χ2v) is 0.704. The third-order valence-corrected chi connectivity index (χ3v) is 0.146. The van der Waals surface area contributed by atoms with E-state index in [9.17, 15) is 12.9 Å². The Balaban J connectivity index is 0. The highest BCUT2D eigenvalue weighted by atomic mass is 19.4. The van der Waals surface area contributed by atoms with E-state index in [2.05, 4.69) is 0 Å². The standard InChI is InChI=1S/CBF3N/c3-2(4,5)1-6/q-1/p+1. The first-order chi connectivity index (χ1) is 2.56. The predicted octanol–water partition coefficient (Wildman–Crippen LogP) is 1.01. The van der Waals surface area contributed by atoms with Crippen molar-refractivity contribution < 1.29 is 14.4 Å². The topological polar surface area (TPSA) is 23.8 Å². The molecule has 0 heterocycles. The fourth-order valence-electron chi connectivity index (χ4n) is 0. The molecule has 1 nitrogen and oxygen atoms in total. The molecule has 0 bridgehead atoms. The van der Waals surface area contributed by atoms with Crippen LogP contribution < -0.4 is 0 Å². The number of rotatable bonds is 0. The molecule has 0 radical (unpaired) electrons. The van der Waals surface area contributed by atoms with Crippen molar-refractivity contribution in [3.8, 4) is 5.97 Å². The van der Waals surface area contributed by atoms with Crippen LogP contribution in [0.1, 0.15) is 1.43 Å². The SMILES string of the molecule is N#C[B-](F)(F)F.[H+]. The molecule has 0 N–H and O–H groups in total. The Kier molecular flexibility index (Phi) is 1.08. The molecule has 0 saturated carbocycles. The van der Waals surface area contributed by atoms with E-state index in [0.29, 0.717) is 0 Å². The predicted molar refractivity (Wildman–Crippen MR) is 15.8 cm³/mol. The lowest BCUT2D eigenvalue weighted by atomic mass is 9.97. The van der Waals surface area contributed by atoms with Crippen molar-refractivity contribution in [2.75, 3.05) is 0 Å². The largest absolute Gasteiger partial charge is 1.00 e. The number of hydrogen-bond donors (Lipinski definition) is 0. The van der Waals surface area contributed by atoms with Gasteiger partial charge in [0.1, 0.15) is 0 Å². The third-order valence-electron chi connectivity index (χ3n) is 0.146. The maximum absolute atomic E-state index is 10.5. The van der Waals surface area contributed by atoms with E-state index in [1.54, 1.807) is 0 Å².